The first-order valence-electron chi connectivity index (χ1n) is 6.89. The van der Waals surface area contributed by atoms with Crippen molar-refractivity contribution in [2.75, 3.05) is 13.2 Å². The van der Waals surface area contributed by atoms with E-state index in [0.29, 0.717) is 6.04 Å². The van der Waals surface area contributed by atoms with Crippen LogP contribution in [0.25, 0.3) is 0 Å². The smallest absolute Gasteiger partial charge is 0.237 e. The van der Waals surface area contributed by atoms with Gasteiger partial charge >= 0.3 is 0 Å². The zero-order valence-electron chi connectivity index (χ0n) is 10.7. The number of nitrogens with zero attached hydrogens (tertiary/aromatic N) is 1. The van der Waals surface area contributed by atoms with E-state index < -0.39 is 0 Å². The molecule has 2 N–H and O–H groups in total. The number of nitrogens with one attached hydrogen (secondary N) is 1. The van der Waals surface area contributed by atoms with E-state index in [1.165, 1.54) is 12.8 Å². The van der Waals surface area contributed by atoms with Gasteiger partial charge in [0.15, 0.2) is 0 Å². The van der Waals surface area contributed by atoms with E-state index in [0.717, 1.165) is 32.2 Å². The minimum atomic E-state index is -0.102. The predicted molar refractivity (Wildman–Crippen MR) is 66.7 cm³/mol. The van der Waals surface area contributed by atoms with Crippen molar-refractivity contribution in [1.82, 2.24) is 10.2 Å². The van der Waals surface area contributed by atoms with Crippen LogP contribution in [-0.2, 0) is 4.79 Å². The first-order chi connectivity index (χ1) is 8.22. The summed E-state index contributed by atoms with van der Waals surface area (Å²) in [5.74, 6) is 0.136. The second-order valence-electron chi connectivity index (χ2n) is 5.38. The lowest BCUT2D eigenvalue weighted by atomic mass is 10.2. The van der Waals surface area contributed by atoms with Crippen LogP contribution in [0.1, 0.15) is 45.4 Å². The lowest BCUT2D eigenvalue weighted by molar-refractivity contribution is -0.127. The second-order valence-corrected chi connectivity index (χ2v) is 5.38. The van der Waals surface area contributed by atoms with E-state index in [2.05, 4.69) is 10.2 Å². The third-order valence-electron chi connectivity index (χ3n) is 4.21. The largest absolute Gasteiger partial charge is 0.395 e. The van der Waals surface area contributed by atoms with Crippen molar-refractivity contribution >= 4 is 5.91 Å². The molecule has 1 heterocycles. The zero-order chi connectivity index (χ0) is 12.3. The highest BCUT2D eigenvalue weighted by molar-refractivity contribution is 5.81. The Labute approximate surface area is 103 Å². The molecule has 1 aliphatic heterocycles. The molecule has 0 aromatic rings. The van der Waals surface area contributed by atoms with Gasteiger partial charge in [-0.05, 0) is 39.2 Å². The van der Waals surface area contributed by atoms with Crippen LogP contribution in [0.2, 0.25) is 0 Å². The van der Waals surface area contributed by atoms with Crippen LogP contribution in [0.5, 0.6) is 0 Å². The Morgan fingerprint density at radius 2 is 2.06 bits per heavy atom. The number of rotatable bonds is 4. The minimum Gasteiger partial charge on any atom is -0.395 e. The maximum Gasteiger partial charge on any atom is 0.237 e. The summed E-state index contributed by atoms with van der Waals surface area (Å²) in [5.41, 5.74) is 0. The molecule has 1 saturated carbocycles. The molecule has 1 amide bonds. The first-order valence-corrected chi connectivity index (χ1v) is 6.89. The number of aliphatic hydroxyl groups is 1. The van der Waals surface area contributed by atoms with Crippen LogP contribution in [0.3, 0.4) is 0 Å². The van der Waals surface area contributed by atoms with Gasteiger partial charge in [0.1, 0.15) is 0 Å². The third-order valence-corrected chi connectivity index (χ3v) is 4.21. The summed E-state index contributed by atoms with van der Waals surface area (Å²) in [6, 6.07) is 0.467. The average molecular weight is 240 g/mol. The standard InChI is InChI=1S/C13H24N2O2/c1-10(15-8-4-7-12(15)9-16)13(17)14-11-5-2-3-6-11/h10-12,16H,2-9H2,1H3,(H,14,17)/t10?,12-/m1/s1. The molecule has 2 atom stereocenters. The van der Waals surface area contributed by atoms with E-state index >= 15 is 0 Å². The molecule has 2 fully saturated rings. The summed E-state index contributed by atoms with van der Waals surface area (Å²) in [5, 5.41) is 12.4. The molecule has 0 bridgehead atoms. The number of amides is 1. The Kier molecular flexibility index (Phi) is 4.40. The van der Waals surface area contributed by atoms with Crippen molar-refractivity contribution in [3.63, 3.8) is 0 Å². The van der Waals surface area contributed by atoms with Crippen LogP contribution in [0.15, 0.2) is 0 Å². The fourth-order valence-electron chi connectivity index (χ4n) is 3.11. The van der Waals surface area contributed by atoms with Crippen LogP contribution < -0.4 is 5.32 Å². The van der Waals surface area contributed by atoms with E-state index in [-0.39, 0.29) is 24.6 Å². The van der Waals surface area contributed by atoms with Crippen LogP contribution >= 0.6 is 0 Å². The predicted octanol–water partition coefficient (Wildman–Crippen LogP) is 0.890. The van der Waals surface area contributed by atoms with Gasteiger partial charge in [-0.2, -0.15) is 0 Å². The third kappa shape index (κ3) is 2.99. The Hall–Kier alpha value is -0.610. The lowest BCUT2D eigenvalue weighted by Crippen LogP contribution is -2.50. The van der Waals surface area contributed by atoms with Gasteiger partial charge in [0.2, 0.25) is 5.91 Å². The van der Waals surface area contributed by atoms with Gasteiger partial charge in [-0.1, -0.05) is 12.8 Å². The Morgan fingerprint density at radius 1 is 1.35 bits per heavy atom. The van der Waals surface area contributed by atoms with Gasteiger partial charge in [0, 0.05) is 12.1 Å². The summed E-state index contributed by atoms with van der Waals surface area (Å²) in [6.45, 7) is 3.06. The summed E-state index contributed by atoms with van der Waals surface area (Å²) in [6.07, 6.45) is 6.83. The van der Waals surface area contributed by atoms with Crippen molar-refractivity contribution in [1.29, 1.82) is 0 Å². The van der Waals surface area contributed by atoms with Gasteiger partial charge in [-0.3, -0.25) is 9.69 Å². The molecule has 0 aromatic carbocycles. The summed E-state index contributed by atoms with van der Waals surface area (Å²) in [7, 11) is 0. The molecule has 1 saturated heterocycles. The molecule has 1 aliphatic carbocycles. The van der Waals surface area contributed by atoms with Crippen LogP contribution in [-0.4, -0.2) is 47.2 Å². The fraction of sp³-hybridized carbons (Fsp3) is 0.923. The molecule has 98 valence electrons. The normalized spacial score (nSPS) is 28.5. The highest BCUT2D eigenvalue weighted by Crippen LogP contribution is 2.21. The van der Waals surface area contributed by atoms with Crippen LogP contribution in [0, 0.1) is 0 Å². The molecule has 2 rings (SSSR count). The van der Waals surface area contributed by atoms with Gasteiger partial charge in [0.25, 0.3) is 0 Å². The van der Waals surface area contributed by atoms with E-state index in [1.54, 1.807) is 0 Å². The van der Waals surface area contributed by atoms with E-state index in [9.17, 15) is 9.90 Å². The second kappa shape index (κ2) is 5.83. The number of hydrogen-bond acceptors (Lipinski definition) is 3. The Bertz CT molecular complexity index is 264. The number of hydrogen-bond donors (Lipinski definition) is 2. The van der Waals surface area contributed by atoms with Gasteiger partial charge < -0.3 is 10.4 Å². The summed E-state index contributed by atoms with van der Waals surface area (Å²) >= 11 is 0. The maximum absolute atomic E-state index is 12.1. The quantitative estimate of drug-likeness (QED) is 0.767. The lowest BCUT2D eigenvalue weighted by Gasteiger charge is -2.29. The van der Waals surface area contributed by atoms with Crippen molar-refractivity contribution in [2.45, 2.75) is 63.6 Å². The van der Waals surface area contributed by atoms with Gasteiger partial charge in [-0.25, -0.2) is 0 Å². The molecule has 4 nitrogen and oxygen atoms in total. The van der Waals surface area contributed by atoms with Crippen LogP contribution in [0.4, 0.5) is 0 Å². The number of aliphatic hydroxyl groups excluding tert-OH is 1. The highest BCUT2D eigenvalue weighted by atomic mass is 16.3. The summed E-state index contributed by atoms with van der Waals surface area (Å²) in [4.78, 5) is 14.3. The first kappa shape index (κ1) is 12.8. The number of likely N-dealkylation sites (tertiary alicyclic amines) is 1. The molecule has 2 aliphatic rings. The minimum absolute atomic E-state index is 0.102. The van der Waals surface area contributed by atoms with Crippen molar-refractivity contribution in [3.05, 3.63) is 0 Å². The molecular formula is C13H24N2O2. The van der Waals surface area contributed by atoms with Crippen molar-refractivity contribution < 1.29 is 9.90 Å². The zero-order valence-corrected chi connectivity index (χ0v) is 10.7. The Morgan fingerprint density at radius 3 is 2.71 bits per heavy atom. The van der Waals surface area contributed by atoms with E-state index in [4.69, 9.17) is 0 Å². The summed E-state index contributed by atoms with van der Waals surface area (Å²) < 4.78 is 0. The van der Waals surface area contributed by atoms with Crippen molar-refractivity contribution in [3.8, 4) is 0 Å². The molecule has 0 aromatic heterocycles. The molecular weight excluding hydrogens is 216 g/mol. The van der Waals surface area contributed by atoms with Crippen molar-refractivity contribution in [2.24, 2.45) is 0 Å². The average Bonchev–Trinajstić information content (AvgIpc) is 2.97. The SMILES string of the molecule is CC(C(=O)NC1CCCC1)N1CCC[C@@H]1CO. The fourth-order valence-corrected chi connectivity index (χ4v) is 3.11. The monoisotopic (exact) mass is 240 g/mol. The maximum atomic E-state index is 12.1. The topological polar surface area (TPSA) is 52.6 Å². The number of carbonyl (C=O) groups excluding carboxylic acids is 1. The molecule has 1 unspecified atom stereocenters. The molecule has 4 heteroatoms. The van der Waals surface area contributed by atoms with Gasteiger partial charge in [-0.15, -0.1) is 0 Å². The molecule has 17 heavy (non-hydrogen) atoms. The van der Waals surface area contributed by atoms with Gasteiger partial charge in [0.05, 0.1) is 12.6 Å². The van der Waals surface area contributed by atoms with E-state index in [1.807, 2.05) is 6.92 Å². The Balaban J connectivity index is 1.85. The molecule has 0 spiro atoms. The highest BCUT2D eigenvalue weighted by Gasteiger charge is 2.32. The number of carbonyl (C=O) groups is 1. The molecule has 0 radical (unpaired) electrons.